The zero-order valence-electron chi connectivity index (χ0n) is 10.8. The van der Waals surface area contributed by atoms with Crippen molar-refractivity contribution in [2.45, 2.75) is 45.6 Å². The predicted molar refractivity (Wildman–Crippen MR) is 71.1 cm³/mol. The van der Waals surface area contributed by atoms with Gasteiger partial charge in [0, 0.05) is 11.9 Å². The molecule has 17 heavy (non-hydrogen) atoms. The molecule has 1 aromatic rings. The molecule has 0 saturated carbocycles. The van der Waals surface area contributed by atoms with Crippen LogP contribution < -0.4 is 5.32 Å². The predicted octanol–water partition coefficient (Wildman–Crippen LogP) is 3.23. The quantitative estimate of drug-likeness (QED) is 0.822. The van der Waals surface area contributed by atoms with E-state index in [1.165, 1.54) is 10.4 Å². The number of thiophene rings is 1. The first-order chi connectivity index (χ1) is 7.92. The maximum absolute atomic E-state index is 12.2. The first kappa shape index (κ1) is 12.4. The van der Waals surface area contributed by atoms with Gasteiger partial charge < -0.3 is 10.1 Å². The van der Waals surface area contributed by atoms with Crippen molar-refractivity contribution < 1.29 is 9.53 Å². The van der Waals surface area contributed by atoms with Gasteiger partial charge in [-0.15, -0.1) is 11.3 Å². The van der Waals surface area contributed by atoms with Crippen molar-refractivity contribution in [1.82, 2.24) is 0 Å². The van der Waals surface area contributed by atoms with E-state index < -0.39 is 5.60 Å². The molecule has 0 unspecified atom stereocenters. The van der Waals surface area contributed by atoms with Crippen LogP contribution in [-0.2, 0) is 17.6 Å². The number of hydrogen-bond donors (Lipinski definition) is 1. The van der Waals surface area contributed by atoms with Gasteiger partial charge in [0.2, 0.25) is 0 Å². The molecule has 0 amide bonds. The molecule has 0 radical (unpaired) electrons. The molecule has 1 heterocycles. The van der Waals surface area contributed by atoms with Gasteiger partial charge in [-0.1, -0.05) is 0 Å². The lowest BCUT2D eigenvalue weighted by atomic mass is 10.1. The third-order valence-corrected chi connectivity index (χ3v) is 4.06. The Morgan fingerprint density at radius 2 is 2.06 bits per heavy atom. The van der Waals surface area contributed by atoms with Crippen LogP contribution in [0.4, 0.5) is 5.00 Å². The van der Waals surface area contributed by atoms with E-state index in [1.54, 1.807) is 11.3 Å². The molecular formula is C13H19NO2S. The summed E-state index contributed by atoms with van der Waals surface area (Å²) >= 11 is 1.69. The molecular weight excluding hydrogens is 234 g/mol. The summed E-state index contributed by atoms with van der Waals surface area (Å²) in [6.45, 7) is 5.70. The van der Waals surface area contributed by atoms with Crippen LogP contribution in [-0.4, -0.2) is 18.6 Å². The summed E-state index contributed by atoms with van der Waals surface area (Å²) in [5.74, 6) is -0.193. The van der Waals surface area contributed by atoms with Crippen molar-refractivity contribution in [1.29, 1.82) is 0 Å². The Bertz CT molecular complexity index is 443. The Morgan fingerprint density at radius 1 is 1.35 bits per heavy atom. The number of aryl methyl sites for hydroxylation is 1. The second-order valence-electron chi connectivity index (χ2n) is 5.31. The number of carbonyl (C=O) groups excluding carboxylic acids is 1. The van der Waals surface area contributed by atoms with Crippen LogP contribution in [0.5, 0.6) is 0 Å². The number of fused-ring (bicyclic) bond motifs is 1. The van der Waals surface area contributed by atoms with E-state index in [-0.39, 0.29) is 5.97 Å². The lowest BCUT2D eigenvalue weighted by Gasteiger charge is -2.20. The molecule has 0 spiro atoms. The average Bonchev–Trinajstić information content (AvgIpc) is 2.71. The van der Waals surface area contributed by atoms with Gasteiger partial charge in [0.1, 0.15) is 10.6 Å². The van der Waals surface area contributed by atoms with E-state index in [0.717, 1.165) is 29.8 Å². The van der Waals surface area contributed by atoms with Crippen LogP contribution in [0.2, 0.25) is 0 Å². The smallest absolute Gasteiger partial charge is 0.341 e. The van der Waals surface area contributed by atoms with Crippen molar-refractivity contribution in [3.8, 4) is 0 Å². The maximum Gasteiger partial charge on any atom is 0.341 e. The zero-order chi connectivity index (χ0) is 12.6. The summed E-state index contributed by atoms with van der Waals surface area (Å²) in [4.78, 5) is 13.5. The minimum atomic E-state index is -0.435. The van der Waals surface area contributed by atoms with Gasteiger partial charge >= 0.3 is 5.97 Å². The Labute approximate surface area is 106 Å². The number of rotatable bonds is 2. The Balaban J connectivity index is 2.34. The van der Waals surface area contributed by atoms with Crippen LogP contribution in [0, 0.1) is 0 Å². The van der Waals surface area contributed by atoms with Crippen LogP contribution in [0.3, 0.4) is 0 Å². The fourth-order valence-electron chi connectivity index (χ4n) is 2.13. The summed E-state index contributed by atoms with van der Waals surface area (Å²) in [5, 5.41) is 4.06. The molecule has 4 heteroatoms. The fraction of sp³-hybridized carbons (Fsp3) is 0.615. The standard InChI is InChI=1S/C13H19NO2S/c1-13(2,3)16-12(15)10-8-6-5-7-9(8)17-11(10)14-4/h14H,5-7H2,1-4H3. The van der Waals surface area contributed by atoms with Gasteiger partial charge in [0.25, 0.3) is 0 Å². The van der Waals surface area contributed by atoms with E-state index in [2.05, 4.69) is 5.32 Å². The highest BCUT2D eigenvalue weighted by atomic mass is 32.1. The number of carbonyl (C=O) groups is 1. The van der Waals surface area contributed by atoms with Crippen LogP contribution in [0.15, 0.2) is 0 Å². The highest BCUT2D eigenvalue weighted by molar-refractivity contribution is 7.16. The van der Waals surface area contributed by atoms with Gasteiger partial charge in [-0.05, 0) is 45.6 Å². The summed E-state index contributed by atoms with van der Waals surface area (Å²) in [6, 6.07) is 0. The first-order valence-electron chi connectivity index (χ1n) is 5.98. The van der Waals surface area contributed by atoms with E-state index in [9.17, 15) is 4.79 Å². The van der Waals surface area contributed by atoms with E-state index in [1.807, 2.05) is 27.8 Å². The molecule has 0 atom stereocenters. The first-order valence-corrected chi connectivity index (χ1v) is 6.79. The minimum Gasteiger partial charge on any atom is -0.456 e. The molecule has 0 aliphatic heterocycles. The van der Waals surface area contributed by atoms with Gasteiger partial charge in [0.05, 0.1) is 5.56 Å². The van der Waals surface area contributed by atoms with Crippen molar-refractivity contribution in [2.75, 3.05) is 12.4 Å². The summed E-state index contributed by atoms with van der Waals surface area (Å²) < 4.78 is 5.48. The second-order valence-corrected chi connectivity index (χ2v) is 6.42. The molecule has 3 nitrogen and oxygen atoms in total. The molecule has 1 aliphatic carbocycles. The van der Waals surface area contributed by atoms with Gasteiger partial charge in [-0.2, -0.15) is 0 Å². The van der Waals surface area contributed by atoms with Crippen molar-refractivity contribution in [3.05, 3.63) is 16.0 Å². The molecule has 2 rings (SSSR count). The third-order valence-electron chi connectivity index (χ3n) is 2.75. The van der Waals surface area contributed by atoms with Crippen molar-refractivity contribution in [3.63, 3.8) is 0 Å². The van der Waals surface area contributed by atoms with E-state index in [0.29, 0.717) is 0 Å². The molecule has 0 fully saturated rings. The van der Waals surface area contributed by atoms with Crippen LogP contribution >= 0.6 is 11.3 Å². The summed E-state index contributed by atoms with van der Waals surface area (Å²) in [6.07, 6.45) is 3.25. The number of esters is 1. The molecule has 0 saturated heterocycles. The number of ether oxygens (including phenoxy) is 1. The SMILES string of the molecule is CNc1sc2c(c1C(=O)OC(C)(C)C)CCC2. The Hall–Kier alpha value is -1.03. The second kappa shape index (κ2) is 4.33. The third kappa shape index (κ3) is 2.46. The molecule has 1 aliphatic rings. The zero-order valence-corrected chi connectivity index (χ0v) is 11.7. The molecule has 1 aromatic heterocycles. The molecule has 1 N–H and O–H groups in total. The number of anilines is 1. The largest absolute Gasteiger partial charge is 0.456 e. The minimum absolute atomic E-state index is 0.193. The summed E-state index contributed by atoms with van der Waals surface area (Å²) in [5.41, 5.74) is 1.53. The monoisotopic (exact) mass is 253 g/mol. The number of hydrogen-bond acceptors (Lipinski definition) is 4. The topological polar surface area (TPSA) is 38.3 Å². The highest BCUT2D eigenvalue weighted by Crippen LogP contribution is 2.39. The molecule has 94 valence electrons. The normalized spacial score (nSPS) is 14.6. The summed E-state index contributed by atoms with van der Waals surface area (Å²) in [7, 11) is 1.86. The van der Waals surface area contributed by atoms with Crippen LogP contribution in [0.1, 0.15) is 48.0 Å². The van der Waals surface area contributed by atoms with Gasteiger partial charge in [0.15, 0.2) is 0 Å². The highest BCUT2D eigenvalue weighted by Gasteiger charge is 2.29. The van der Waals surface area contributed by atoms with Gasteiger partial charge in [-0.25, -0.2) is 4.79 Å². The Kier molecular flexibility index (Phi) is 3.17. The maximum atomic E-state index is 12.2. The lowest BCUT2D eigenvalue weighted by molar-refractivity contribution is 0.00702. The van der Waals surface area contributed by atoms with E-state index in [4.69, 9.17) is 4.74 Å². The van der Waals surface area contributed by atoms with E-state index >= 15 is 0 Å². The number of nitrogens with one attached hydrogen (secondary N) is 1. The molecule has 0 aromatic carbocycles. The fourth-order valence-corrected chi connectivity index (χ4v) is 3.36. The lowest BCUT2D eigenvalue weighted by Crippen LogP contribution is -2.24. The molecule has 0 bridgehead atoms. The average molecular weight is 253 g/mol. The van der Waals surface area contributed by atoms with Crippen LogP contribution in [0.25, 0.3) is 0 Å². The van der Waals surface area contributed by atoms with Crippen molar-refractivity contribution in [2.24, 2.45) is 0 Å². The van der Waals surface area contributed by atoms with Gasteiger partial charge in [-0.3, -0.25) is 0 Å². The van der Waals surface area contributed by atoms with Crippen molar-refractivity contribution >= 4 is 22.3 Å². The Morgan fingerprint density at radius 3 is 2.65 bits per heavy atom.